The second-order valence-electron chi connectivity index (χ2n) is 16.3. The fourth-order valence-electron chi connectivity index (χ4n) is 9.30. The monoisotopic (exact) mass is 793 g/mol. The van der Waals surface area contributed by atoms with Crippen LogP contribution in [0.2, 0.25) is 0 Å². The van der Waals surface area contributed by atoms with E-state index in [9.17, 15) is 55.9 Å². The molecule has 0 spiro atoms. The van der Waals surface area contributed by atoms with Gasteiger partial charge < -0.3 is 84.2 Å². The van der Waals surface area contributed by atoms with Gasteiger partial charge in [0.2, 0.25) is 0 Å². The lowest BCUT2D eigenvalue weighted by Crippen LogP contribution is -2.64. The number of fused-ring (bicyclic) bond motifs is 1. The van der Waals surface area contributed by atoms with Crippen LogP contribution in [0.1, 0.15) is 64.2 Å². The lowest BCUT2D eigenvalue weighted by atomic mass is 9.73. The van der Waals surface area contributed by atoms with E-state index in [2.05, 4.69) is 0 Å². The molecule has 3 saturated heterocycles. The van der Waals surface area contributed by atoms with E-state index in [-0.39, 0.29) is 30.8 Å². The van der Waals surface area contributed by atoms with Crippen LogP contribution in [0.5, 0.6) is 0 Å². The van der Waals surface area contributed by atoms with Crippen LogP contribution in [0.4, 0.5) is 0 Å². The minimum Gasteiger partial charge on any atom is -0.460 e. The third-order valence-electron chi connectivity index (χ3n) is 12.6. The molecule has 0 aromatic heterocycles. The van der Waals surface area contributed by atoms with E-state index >= 15 is 0 Å². The number of esters is 1. The molecule has 6 rings (SSSR count). The quantitative estimate of drug-likeness (QED) is 0.0555. The van der Waals surface area contributed by atoms with Gasteiger partial charge in [0.15, 0.2) is 24.8 Å². The fourth-order valence-corrected chi connectivity index (χ4v) is 9.30. The molecule has 18 nitrogen and oxygen atoms in total. The van der Waals surface area contributed by atoms with Gasteiger partial charge in [-0.1, -0.05) is 6.08 Å². The first-order chi connectivity index (χ1) is 26.3. The predicted molar refractivity (Wildman–Crippen MR) is 186 cm³/mol. The molecule has 0 radical (unpaired) electrons. The van der Waals surface area contributed by atoms with Gasteiger partial charge in [-0.2, -0.15) is 0 Å². The van der Waals surface area contributed by atoms with Crippen LogP contribution in [-0.2, 0) is 33.2 Å². The van der Waals surface area contributed by atoms with Gasteiger partial charge in [0.25, 0.3) is 0 Å². The number of carbonyl (C=O) groups is 1. The number of hydrogen-bond acceptors (Lipinski definition) is 17. The first-order valence-electron chi connectivity index (χ1n) is 19.7. The van der Waals surface area contributed by atoms with Gasteiger partial charge in [0.1, 0.15) is 61.5 Å². The number of aliphatic hydroxyl groups excluding tert-OH is 10. The predicted octanol–water partition coefficient (Wildman–Crippen LogP) is -3.37. The second kappa shape index (κ2) is 19.1. The highest BCUT2D eigenvalue weighted by atomic mass is 16.7. The van der Waals surface area contributed by atoms with E-state index in [0.717, 1.165) is 0 Å². The smallest absolute Gasteiger partial charge is 0.330 e. The fraction of sp³-hybridized carbons (Fsp3) is 0.919. The molecule has 316 valence electrons. The number of ether oxygens (including phenoxy) is 7. The topological polar surface area (TPSA) is 288 Å². The van der Waals surface area contributed by atoms with Gasteiger partial charge in [-0.15, -0.1) is 0 Å². The van der Waals surface area contributed by atoms with Crippen LogP contribution >= 0.6 is 0 Å². The summed E-state index contributed by atoms with van der Waals surface area (Å²) in [6.45, 7) is -1.11. The third kappa shape index (κ3) is 10.1. The molecule has 0 aromatic carbocycles. The SMILES string of the molecule is COC1CC(C=CC(=O)OC[C@H]2O[C@@H](OC3CC(O)CC4[OH+]C(C5CCC(O)CC5)C(O[C@@H]5O[C@H](CO)[C@H](O)[C@H](O)[C@H]5O)CC34)[C@H](O)[C@@H](O)[C@@H]2O)CCC1O. The summed E-state index contributed by atoms with van der Waals surface area (Å²) in [6.07, 6.45) is -12.2. The summed E-state index contributed by atoms with van der Waals surface area (Å²) in [5.41, 5.74) is 0. The number of carbonyl (C=O) groups excluding carboxylic acids is 1. The van der Waals surface area contributed by atoms with Crippen molar-refractivity contribution in [2.75, 3.05) is 20.3 Å². The van der Waals surface area contributed by atoms with Crippen LogP contribution in [0.3, 0.4) is 0 Å². The number of methoxy groups -OCH3 is 1. The molecular weight excluding hydrogens is 732 g/mol. The van der Waals surface area contributed by atoms with E-state index < -0.39 is 129 Å². The van der Waals surface area contributed by atoms with Crippen LogP contribution in [0.25, 0.3) is 0 Å². The van der Waals surface area contributed by atoms with Crippen LogP contribution in [-0.4, -0.2) is 192 Å². The van der Waals surface area contributed by atoms with Gasteiger partial charge in [-0.05, 0) is 57.3 Å². The molecule has 11 N–H and O–H groups in total. The molecule has 9 unspecified atom stereocenters. The zero-order chi connectivity index (χ0) is 39.6. The average Bonchev–Trinajstić information content (AvgIpc) is 3.17. The first-order valence-corrected chi connectivity index (χ1v) is 19.7. The maximum Gasteiger partial charge on any atom is 0.330 e. The Morgan fingerprint density at radius 1 is 0.691 bits per heavy atom. The Hall–Kier alpha value is -1.43. The molecule has 0 amide bonds. The largest absolute Gasteiger partial charge is 0.460 e. The standard InChI is InChI=1S/C37H60O18/c1-49-24-10-16(2-8-21(24)41)3-9-28(42)50-15-27-30(44)32(46)34(48)36(55-27)52-23-12-19(40)11-22-20(23)13-25(35(51-22)17-4-6-18(39)7-5-17)53-37-33(47)31(45)29(43)26(14-38)54-37/h3,9,16-27,29-41,43-48H,2,4-8,10-15H2,1H3/p+1/t16?,17?,18?,19?,20?,21?,22?,23?,24?,25?,26-,27-,29+,30-,31+,32+,33-,34-,35?,36-,37-/m1/s1. The van der Waals surface area contributed by atoms with E-state index in [4.69, 9.17) is 33.2 Å². The van der Waals surface area contributed by atoms with Gasteiger partial charge >= 0.3 is 5.97 Å². The van der Waals surface area contributed by atoms with E-state index in [1.54, 1.807) is 6.08 Å². The lowest BCUT2D eigenvalue weighted by Gasteiger charge is -2.50. The molecular formula is C37H61O18+. The van der Waals surface area contributed by atoms with Crippen molar-refractivity contribution in [3.8, 4) is 0 Å². The van der Waals surface area contributed by atoms with Crippen molar-refractivity contribution in [2.45, 2.75) is 174 Å². The van der Waals surface area contributed by atoms with Gasteiger partial charge in [0.05, 0.1) is 43.0 Å². The summed E-state index contributed by atoms with van der Waals surface area (Å²) in [7, 11) is 1.52. The zero-order valence-electron chi connectivity index (χ0n) is 31.0. The summed E-state index contributed by atoms with van der Waals surface area (Å²) < 4.78 is 40.0. The highest BCUT2D eigenvalue weighted by Gasteiger charge is 2.56. The number of hydrogen-bond donors (Lipinski definition) is 10. The minimum atomic E-state index is -1.73. The summed E-state index contributed by atoms with van der Waals surface area (Å²) in [4.78, 5) is 12.6. The maximum atomic E-state index is 12.6. The van der Waals surface area contributed by atoms with E-state index in [1.807, 2.05) is 0 Å². The molecule has 6 fully saturated rings. The molecule has 3 saturated carbocycles. The van der Waals surface area contributed by atoms with Crippen LogP contribution in [0, 0.1) is 17.8 Å². The Morgan fingerprint density at radius 2 is 1.33 bits per heavy atom. The summed E-state index contributed by atoms with van der Waals surface area (Å²) in [6, 6.07) is 0. The van der Waals surface area contributed by atoms with Gasteiger partial charge in [-0.25, -0.2) is 4.79 Å². The molecule has 55 heavy (non-hydrogen) atoms. The molecule has 0 bridgehead atoms. The third-order valence-corrected chi connectivity index (χ3v) is 12.6. The Kier molecular flexibility index (Phi) is 15.0. The van der Waals surface area contributed by atoms with Crippen LogP contribution < -0.4 is 0 Å². The Balaban J connectivity index is 1.13. The first kappa shape index (κ1) is 43.2. The Bertz CT molecular complexity index is 1250. The van der Waals surface area contributed by atoms with Crippen molar-refractivity contribution in [3.05, 3.63) is 12.2 Å². The Labute approximate surface area is 319 Å². The molecule has 3 heterocycles. The van der Waals surface area contributed by atoms with Crippen molar-refractivity contribution in [3.63, 3.8) is 0 Å². The lowest BCUT2D eigenvalue weighted by molar-refractivity contribution is -0.366. The van der Waals surface area contributed by atoms with Gasteiger partial charge in [0, 0.05) is 31.9 Å². The molecule has 3 aliphatic heterocycles. The van der Waals surface area contributed by atoms with E-state index in [0.29, 0.717) is 51.4 Å². The van der Waals surface area contributed by atoms with Crippen molar-refractivity contribution in [1.82, 2.24) is 0 Å². The van der Waals surface area contributed by atoms with E-state index in [1.165, 1.54) is 13.2 Å². The van der Waals surface area contributed by atoms with Crippen molar-refractivity contribution in [1.29, 1.82) is 0 Å². The van der Waals surface area contributed by atoms with Crippen molar-refractivity contribution in [2.24, 2.45) is 17.8 Å². The highest BCUT2D eigenvalue weighted by molar-refractivity contribution is 5.81. The molecule has 3 aliphatic carbocycles. The summed E-state index contributed by atoms with van der Waals surface area (Å²) >= 11 is 0. The molecule has 19 atom stereocenters. The number of rotatable bonds is 11. The molecule has 0 aromatic rings. The van der Waals surface area contributed by atoms with Gasteiger partial charge in [-0.3, -0.25) is 0 Å². The summed E-state index contributed by atoms with van der Waals surface area (Å²) in [5.74, 6) is -1.19. The molecule has 18 heteroatoms. The van der Waals surface area contributed by atoms with Crippen LogP contribution in [0.15, 0.2) is 12.2 Å². The zero-order valence-corrected chi connectivity index (χ0v) is 31.0. The normalized spacial score (nSPS) is 49.7. The average molecular weight is 794 g/mol. The Morgan fingerprint density at radius 3 is 1.98 bits per heavy atom. The highest BCUT2D eigenvalue weighted by Crippen LogP contribution is 2.44. The van der Waals surface area contributed by atoms with Crippen molar-refractivity contribution >= 4 is 5.97 Å². The second-order valence-corrected chi connectivity index (χ2v) is 16.3. The maximum absolute atomic E-state index is 12.6. The molecule has 6 aliphatic rings. The summed E-state index contributed by atoms with van der Waals surface area (Å²) in [5, 5.41) is 105. The number of aliphatic hydroxyl groups is 12. The number of allylic oxidation sites excluding steroid dienone is 1. The van der Waals surface area contributed by atoms with Crippen molar-refractivity contribution < 1.29 is 89.0 Å². The minimum absolute atomic E-state index is 0.0126.